The molecule has 0 bridgehead atoms. The van der Waals surface area contributed by atoms with Crippen molar-refractivity contribution >= 4 is 11.9 Å². The van der Waals surface area contributed by atoms with Crippen molar-refractivity contribution < 1.29 is 23.8 Å². The van der Waals surface area contributed by atoms with Gasteiger partial charge in [0.15, 0.2) is 6.10 Å². The number of esters is 2. The summed E-state index contributed by atoms with van der Waals surface area (Å²) >= 11 is 0. The molecule has 0 aromatic heterocycles. The van der Waals surface area contributed by atoms with E-state index >= 15 is 0 Å². The Bertz CT molecular complexity index is 963. The number of ether oxygens (including phenoxy) is 3. The van der Waals surface area contributed by atoms with Crippen molar-refractivity contribution in [2.75, 3.05) is 19.8 Å². The van der Waals surface area contributed by atoms with E-state index in [4.69, 9.17) is 14.2 Å². The van der Waals surface area contributed by atoms with Crippen LogP contribution in [-0.2, 0) is 23.8 Å². The van der Waals surface area contributed by atoms with Crippen molar-refractivity contribution in [3.05, 3.63) is 12.2 Å². The molecule has 0 aromatic rings. The standard InChI is InChI=1S/C61H118O5/c1-4-7-10-13-16-19-22-25-28-31-33-36-39-42-45-48-51-54-60(62)65-58-59(57-64-56-53-50-47-44-41-38-35-30-27-24-21-18-15-12-9-6-3)66-61(63)55-52-49-46-43-40-37-34-32-29-26-23-20-17-14-11-8-5-2/h27,30,59H,4-26,28-29,31-58H2,1-3H3/b30-27-. The van der Waals surface area contributed by atoms with Crippen LogP contribution in [0.25, 0.3) is 0 Å². The summed E-state index contributed by atoms with van der Waals surface area (Å²) < 4.78 is 17.5. The average molecular weight is 932 g/mol. The quantitative estimate of drug-likeness (QED) is 0.0345. The maximum Gasteiger partial charge on any atom is 0.306 e. The monoisotopic (exact) mass is 931 g/mol. The largest absolute Gasteiger partial charge is 0.462 e. The highest BCUT2D eigenvalue weighted by atomic mass is 16.6. The van der Waals surface area contributed by atoms with Gasteiger partial charge in [0, 0.05) is 19.4 Å². The normalized spacial score (nSPS) is 12.1. The lowest BCUT2D eigenvalue weighted by Gasteiger charge is -2.18. The Morgan fingerprint density at radius 3 is 0.924 bits per heavy atom. The molecule has 0 amide bonds. The highest BCUT2D eigenvalue weighted by Crippen LogP contribution is 2.17. The van der Waals surface area contributed by atoms with E-state index in [1.54, 1.807) is 0 Å². The van der Waals surface area contributed by atoms with Crippen LogP contribution in [-0.4, -0.2) is 37.9 Å². The second-order valence-corrected chi connectivity index (χ2v) is 20.6. The van der Waals surface area contributed by atoms with Gasteiger partial charge in [-0.25, -0.2) is 0 Å². The Labute approximate surface area is 414 Å². The number of rotatable bonds is 57. The van der Waals surface area contributed by atoms with Crippen LogP contribution < -0.4 is 0 Å². The first kappa shape index (κ1) is 64.6. The molecule has 0 saturated carbocycles. The summed E-state index contributed by atoms with van der Waals surface area (Å²) in [5, 5.41) is 0. The molecule has 0 spiro atoms. The van der Waals surface area contributed by atoms with Crippen LogP contribution in [0.1, 0.15) is 342 Å². The number of allylic oxidation sites excluding steroid dienone is 2. The number of unbranched alkanes of at least 4 members (excludes halogenated alkanes) is 44. The fraction of sp³-hybridized carbons (Fsp3) is 0.934. The minimum Gasteiger partial charge on any atom is -0.462 e. The van der Waals surface area contributed by atoms with Crippen molar-refractivity contribution in [2.45, 2.75) is 348 Å². The molecule has 1 atom stereocenters. The Morgan fingerprint density at radius 2 is 0.591 bits per heavy atom. The molecule has 1 unspecified atom stereocenters. The molecular weight excluding hydrogens is 813 g/mol. The highest BCUT2D eigenvalue weighted by Gasteiger charge is 2.18. The van der Waals surface area contributed by atoms with E-state index in [0.717, 1.165) is 38.5 Å². The van der Waals surface area contributed by atoms with Crippen LogP contribution in [0.3, 0.4) is 0 Å². The van der Waals surface area contributed by atoms with Gasteiger partial charge in [-0.1, -0.05) is 296 Å². The molecule has 0 saturated heterocycles. The SMILES string of the molecule is CCCCCCCC/C=C\CCCCCCCCOCC(COC(=O)CCCCCCCCCCCCCCCCCCC)OC(=O)CCCCCCCCCCCCCCCCCCC. The summed E-state index contributed by atoms with van der Waals surface area (Å²) in [4.78, 5) is 25.5. The minimum atomic E-state index is -0.531. The maximum absolute atomic E-state index is 12.9. The van der Waals surface area contributed by atoms with E-state index in [1.807, 2.05) is 0 Å². The van der Waals surface area contributed by atoms with E-state index in [2.05, 4.69) is 32.9 Å². The van der Waals surface area contributed by atoms with Crippen LogP contribution in [0.15, 0.2) is 12.2 Å². The van der Waals surface area contributed by atoms with Crippen LogP contribution >= 0.6 is 0 Å². The van der Waals surface area contributed by atoms with E-state index in [-0.39, 0.29) is 18.5 Å². The van der Waals surface area contributed by atoms with Crippen molar-refractivity contribution in [3.8, 4) is 0 Å². The minimum absolute atomic E-state index is 0.0932. The molecule has 0 fully saturated rings. The smallest absolute Gasteiger partial charge is 0.306 e. The van der Waals surface area contributed by atoms with Gasteiger partial charge in [0.25, 0.3) is 0 Å². The zero-order chi connectivity index (χ0) is 47.7. The molecular formula is C61H118O5. The summed E-state index contributed by atoms with van der Waals surface area (Å²) in [7, 11) is 0. The predicted octanol–water partition coefficient (Wildman–Crippen LogP) is 20.6. The molecule has 0 radical (unpaired) electrons. The van der Waals surface area contributed by atoms with Gasteiger partial charge in [-0.3, -0.25) is 9.59 Å². The predicted molar refractivity (Wildman–Crippen MR) is 289 cm³/mol. The summed E-state index contributed by atoms with van der Waals surface area (Å²) in [5.41, 5.74) is 0. The lowest BCUT2D eigenvalue weighted by atomic mass is 10.0. The molecule has 0 aliphatic carbocycles. The number of hydrogen-bond donors (Lipinski definition) is 0. The molecule has 0 aliphatic heterocycles. The molecule has 5 heteroatoms. The van der Waals surface area contributed by atoms with Crippen LogP contribution in [0.5, 0.6) is 0 Å². The van der Waals surface area contributed by atoms with Crippen LogP contribution in [0, 0.1) is 0 Å². The highest BCUT2D eigenvalue weighted by molar-refractivity contribution is 5.70. The topological polar surface area (TPSA) is 61.8 Å². The lowest BCUT2D eigenvalue weighted by Crippen LogP contribution is -2.30. The number of carbonyl (C=O) groups is 2. The van der Waals surface area contributed by atoms with Gasteiger partial charge < -0.3 is 14.2 Å². The number of hydrogen-bond acceptors (Lipinski definition) is 5. The molecule has 5 nitrogen and oxygen atoms in total. The first-order chi connectivity index (χ1) is 32.6. The van der Waals surface area contributed by atoms with Crippen molar-refractivity contribution in [3.63, 3.8) is 0 Å². The van der Waals surface area contributed by atoms with E-state index in [0.29, 0.717) is 26.1 Å². The third-order valence-electron chi connectivity index (χ3n) is 13.8. The second kappa shape index (κ2) is 58.0. The molecule has 392 valence electrons. The van der Waals surface area contributed by atoms with E-state index in [1.165, 1.54) is 270 Å². The van der Waals surface area contributed by atoms with Crippen LogP contribution in [0.4, 0.5) is 0 Å². The Balaban J connectivity index is 4.21. The number of carbonyl (C=O) groups excluding carboxylic acids is 2. The van der Waals surface area contributed by atoms with Crippen molar-refractivity contribution in [2.24, 2.45) is 0 Å². The molecule has 0 heterocycles. The Morgan fingerprint density at radius 1 is 0.318 bits per heavy atom. The summed E-state index contributed by atoms with van der Waals surface area (Å²) in [5.74, 6) is -0.371. The zero-order valence-electron chi connectivity index (χ0n) is 45.2. The van der Waals surface area contributed by atoms with E-state index in [9.17, 15) is 9.59 Å². The van der Waals surface area contributed by atoms with Gasteiger partial charge in [-0.15, -0.1) is 0 Å². The van der Waals surface area contributed by atoms with Gasteiger partial charge in [-0.2, -0.15) is 0 Å². The van der Waals surface area contributed by atoms with Gasteiger partial charge in [0.1, 0.15) is 6.61 Å². The first-order valence-corrected chi connectivity index (χ1v) is 30.2. The van der Waals surface area contributed by atoms with Crippen LogP contribution in [0.2, 0.25) is 0 Å². The Kier molecular flexibility index (Phi) is 56.8. The third kappa shape index (κ3) is 55.2. The van der Waals surface area contributed by atoms with Gasteiger partial charge in [-0.05, 0) is 44.9 Å². The molecule has 66 heavy (non-hydrogen) atoms. The summed E-state index contributed by atoms with van der Waals surface area (Å²) in [6.45, 7) is 7.90. The van der Waals surface area contributed by atoms with Gasteiger partial charge in [0.05, 0.1) is 6.61 Å². The fourth-order valence-corrected chi connectivity index (χ4v) is 9.27. The van der Waals surface area contributed by atoms with Gasteiger partial charge >= 0.3 is 11.9 Å². The summed E-state index contributed by atoms with van der Waals surface area (Å²) in [6, 6.07) is 0. The third-order valence-corrected chi connectivity index (χ3v) is 13.8. The average Bonchev–Trinajstić information content (AvgIpc) is 3.32. The lowest BCUT2D eigenvalue weighted by molar-refractivity contribution is -0.163. The van der Waals surface area contributed by atoms with Gasteiger partial charge in [0.2, 0.25) is 0 Å². The molecule has 0 aromatic carbocycles. The second-order valence-electron chi connectivity index (χ2n) is 20.6. The van der Waals surface area contributed by atoms with Crippen molar-refractivity contribution in [1.29, 1.82) is 0 Å². The molecule has 0 rings (SSSR count). The first-order valence-electron chi connectivity index (χ1n) is 30.2. The summed E-state index contributed by atoms with van der Waals surface area (Å²) in [6.07, 6.45) is 68.1. The molecule has 0 N–H and O–H groups in total. The maximum atomic E-state index is 12.9. The van der Waals surface area contributed by atoms with E-state index < -0.39 is 6.10 Å². The van der Waals surface area contributed by atoms with Crippen molar-refractivity contribution in [1.82, 2.24) is 0 Å². The molecule has 0 aliphatic rings. The fourth-order valence-electron chi connectivity index (χ4n) is 9.27. The Hall–Kier alpha value is -1.36. The zero-order valence-corrected chi connectivity index (χ0v) is 45.2.